The Bertz CT molecular complexity index is 393. The normalized spacial score (nSPS) is 12.2. The molecular weight excluding hydrogens is 220 g/mol. The highest BCUT2D eigenvalue weighted by molar-refractivity contribution is 5.56. The molecule has 0 aliphatic carbocycles. The summed E-state index contributed by atoms with van der Waals surface area (Å²) in [7, 11) is 0. The second-order valence-electron chi connectivity index (χ2n) is 4.25. The molecule has 0 saturated heterocycles. The highest BCUT2D eigenvalue weighted by Gasteiger charge is 2.09. The molecule has 1 rings (SSSR count). The number of nitrogens with one attached hydrogen (secondary N) is 1. The van der Waals surface area contributed by atoms with Crippen molar-refractivity contribution >= 4 is 11.4 Å². The van der Waals surface area contributed by atoms with Crippen LogP contribution in [0.4, 0.5) is 11.4 Å². The van der Waals surface area contributed by atoms with E-state index in [1.807, 2.05) is 13.8 Å². The van der Waals surface area contributed by atoms with Crippen molar-refractivity contribution in [2.75, 3.05) is 18.5 Å². The van der Waals surface area contributed by atoms with Gasteiger partial charge in [0.2, 0.25) is 0 Å². The van der Waals surface area contributed by atoms with Gasteiger partial charge in [-0.05, 0) is 24.8 Å². The summed E-state index contributed by atoms with van der Waals surface area (Å²) in [5, 5.41) is 22.6. The first-order valence-electron chi connectivity index (χ1n) is 5.64. The molecule has 0 saturated carbocycles. The van der Waals surface area contributed by atoms with Crippen LogP contribution >= 0.6 is 0 Å². The van der Waals surface area contributed by atoms with Crippen LogP contribution in [0, 0.1) is 23.0 Å². The van der Waals surface area contributed by atoms with Crippen molar-refractivity contribution in [3.63, 3.8) is 0 Å². The molecule has 1 aromatic rings. The lowest BCUT2D eigenvalue weighted by atomic mass is 10.1. The Hall–Kier alpha value is -1.62. The van der Waals surface area contributed by atoms with E-state index in [1.165, 1.54) is 6.07 Å². The minimum Gasteiger partial charge on any atom is -0.396 e. The van der Waals surface area contributed by atoms with Gasteiger partial charge in [-0.1, -0.05) is 13.0 Å². The highest BCUT2D eigenvalue weighted by atomic mass is 16.6. The van der Waals surface area contributed by atoms with Gasteiger partial charge in [0, 0.05) is 31.0 Å². The van der Waals surface area contributed by atoms with Crippen molar-refractivity contribution < 1.29 is 10.0 Å². The summed E-state index contributed by atoms with van der Waals surface area (Å²) in [6, 6.07) is 4.77. The molecule has 5 nitrogen and oxygen atoms in total. The summed E-state index contributed by atoms with van der Waals surface area (Å²) in [6.07, 6.45) is 0.723. The molecule has 0 spiro atoms. The summed E-state index contributed by atoms with van der Waals surface area (Å²) in [5.41, 5.74) is 1.85. The Morgan fingerprint density at radius 3 is 2.82 bits per heavy atom. The van der Waals surface area contributed by atoms with Crippen molar-refractivity contribution in [1.82, 2.24) is 0 Å². The number of benzene rings is 1. The molecule has 94 valence electrons. The van der Waals surface area contributed by atoms with Crippen LogP contribution in [-0.4, -0.2) is 23.2 Å². The van der Waals surface area contributed by atoms with E-state index in [-0.39, 0.29) is 12.3 Å². The third-order valence-electron chi connectivity index (χ3n) is 2.69. The number of nitro groups is 1. The number of aliphatic hydroxyl groups is 1. The zero-order valence-corrected chi connectivity index (χ0v) is 10.1. The van der Waals surface area contributed by atoms with Gasteiger partial charge in [0.25, 0.3) is 5.69 Å². The maximum absolute atomic E-state index is 10.6. The molecule has 0 aliphatic rings. The van der Waals surface area contributed by atoms with Gasteiger partial charge in [0.1, 0.15) is 0 Å². The van der Waals surface area contributed by atoms with E-state index >= 15 is 0 Å². The molecule has 1 atom stereocenters. The van der Waals surface area contributed by atoms with Crippen molar-refractivity contribution in [3.05, 3.63) is 33.9 Å². The fraction of sp³-hybridized carbons (Fsp3) is 0.500. The lowest BCUT2D eigenvalue weighted by Gasteiger charge is -2.13. The van der Waals surface area contributed by atoms with Gasteiger partial charge in [-0.3, -0.25) is 10.1 Å². The standard InChI is InChI=1S/C12H18N2O3/c1-9(5-6-15)8-13-12-7-11(14(16)17)4-3-10(12)2/h3-4,7,9,13,15H,5-6,8H2,1-2H3. The van der Waals surface area contributed by atoms with Gasteiger partial charge in [-0.2, -0.15) is 0 Å². The first kappa shape index (κ1) is 13.4. The van der Waals surface area contributed by atoms with E-state index in [1.54, 1.807) is 12.1 Å². The molecule has 0 fully saturated rings. The summed E-state index contributed by atoms with van der Waals surface area (Å²) in [6.45, 7) is 4.79. The summed E-state index contributed by atoms with van der Waals surface area (Å²) >= 11 is 0. The average Bonchev–Trinajstić information content (AvgIpc) is 2.28. The van der Waals surface area contributed by atoms with Crippen molar-refractivity contribution in [3.8, 4) is 0 Å². The number of hydrogen-bond donors (Lipinski definition) is 2. The minimum absolute atomic E-state index is 0.0907. The second-order valence-corrected chi connectivity index (χ2v) is 4.25. The van der Waals surface area contributed by atoms with Crippen molar-refractivity contribution in [2.24, 2.45) is 5.92 Å². The Labute approximate surface area is 101 Å². The van der Waals surface area contributed by atoms with Crippen LogP contribution < -0.4 is 5.32 Å². The van der Waals surface area contributed by atoms with Gasteiger partial charge in [-0.25, -0.2) is 0 Å². The summed E-state index contributed by atoms with van der Waals surface area (Å²) < 4.78 is 0. The number of anilines is 1. The van der Waals surface area contributed by atoms with Gasteiger partial charge in [-0.15, -0.1) is 0 Å². The topological polar surface area (TPSA) is 75.4 Å². The Morgan fingerprint density at radius 2 is 2.24 bits per heavy atom. The lowest BCUT2D eigenvalue weighted by molar-refractivity contribution is -0.384. The SMILES string of the molecule is Cc1ccc([N+](=O)[O-])cc1NCC(C)CCO. The van der Waals surface area contributed by atoms with E-state index in [4.69, 9.17) is 5.11 Å². The highest BCUT2D eigenvalue weighted by Crippen LogP contribution is 2.22. The molecule has 17 heavy (non-hydrogen) atoms. The fourth-order valence-corrected chi connectivity index (χ4v) is 1.52. The predicted molar refractivity (Wildman–Crippen MR) is 67.2 cm³/mol. The number of hydrogen-bond acceptors (Lipinski definition) is 4. The smallest absolute Gasteiger partial charge is 0.271 e. The maximum atomic E-state index is 10.6. The molecule has 1 unspecified atom stereocenters. The van der Waals surface area contributed by atoms with Gasteiger partial charge < -0.3 is 10.4 Å². The third kappa shape index (κ3) is 4.03. The zero-order chi connectivity index (χ0) is 12.8. The second kappa shape index (κ2) is 6.20. The van der Waals surface area contributed by atoms with Crippen LogP contribution in [0.1, 0.15) is 18.9 Å². The molecule has 5 heteroatoms. The Morgan fingerprint density at radius 1 is 1.53 bits per heavy atom. The molecule has 2 N–H and O–H groups in total. The van der Waals surface area contributed by atoms with Crippen LogP contribution in [0.15, 0.2) is 18.2 Å². The maximum Gasteiger partial charge on any atom is 0.271 e. The largest absolute Gasteiger partial charge is 0.396 e. The van der Waals surface area contributed by atoms with E-state index in [2.05, 4.69) is 5.32 Å². The van der Waals surface area contributed by atoms with Gasteiger partial charge in [0.15, 0.2) is 0 Å². The number of nitro benzene ring substituents is 1. The zero-order valence-electron chi connectivity index (χ0n) is 10.1. The quantitative estimate of drug-likeness (QED) is 0.589. The predicted octanol–water partition coefficient (Wildman–Crippen LogP) is 2.33. The van der Waals surface area contributed by atoms with E-state index < -0.39 is 4.92 Å². The van der Waals surface area contributed by atoms with E-state index in [0.29, 0.717) is 12.5 Å². The number of aryl methyl sites for hydroxylation is 1. The van der Waals surface area contributed by atoms with E-state index in [0.717, 1.165) is 17.7 Å². The van der Waals surface area contributed by atoms with Crippen molar-refractivity contribution in [2.45, 2.75) is 20.3 Å². The Balaban J connectivity index is 2.69. The molecule has 0 aromatic heterocycles. The Kier molecular flexibility index (Phi) is 4.90. The average molecular weight is 238 g/mol. The molecule has 0 bridgehead atoms. The van der Waals surface area contributed by atoms with Crippen LogP contribution in [0.25, 0.3) is 0 Å². The summed E-state index contributed by atoms with van der Waals surface area (Å²) in [4.78, 5) is 10.2. The molecule has 0 heterocycles. The molecule has 1 aromatic carbocycles. The van der Waals surface area contributed by atoms with Gasteiger partial charge in [0.05, 0.1) is 4.92 Å². The molecule has 0 amide bonds. The number of aliphatic hydroxyl groups excluding tert-OH is 1. The summed E-state index contributed by atoms with van der Waals surface area (Å²) in [5.74, 6) is 0.332. The third-order valence-corrected chi connectivity index (χ3v) is 2.69. The van der Waals surface area contributed by atoms with Crippen molar-refractivity contribution in [1.29, 1.82) is 0 Å². The van der Waals surface area contributed by atoms with Crippen LogP contribution in [0.2, 0.25) is 0 Å². The first-order valence-corrected chi connectivity index (χ1v) is 5.64. The van der Waals surface area contributed by atoms with Crippen LogP contribution in [0.3, 0.4) is 0 Å². The lowest BCUT2D eigenvalue weighted by Crippen LogP contribution is -2.13. The minimum atomic E-state index is -0.401. The van der Waals surface area contributed by atoms with E-state index in [9.17, 15) is 10.1 Å². The number of nitrogens with zero attached hydrogens (tertiary/aromatic N) is 1. The van der Waals surface area contributed by atoms with Crippen LogP contribution in [-0.2, 0) is 0 Å². The first-order chi connectivity index (χ1) is 8.04. The van der Waals surface area contributed by atoms with Gasteiger partial charge >= 0.3 is 0 Å². The molecule has 0 aliphatic heterocycles. The monoisotopic (exact) mass is 238 g/mol. The van der Waals surface area contributed by atoms with Crippen LogP contribution in [0.5, 0.6) is 0 Å². The number of non-ortho nitro benzene ring substituents is 1. The molecular formula is C12H18N2O3. The molecule has 0 radical (unpaired) electrons. The number of rotatable bonds is 6. The fourth-order valence-electron chi connectivity index (χ4n) is 1.52.